The van der Waals surface area contributed by atoms with Crippen LogP contribution >= 0.6 is 0 Å². The van der Waals surface area contributed by atoms with Crippen LogP contribution in [0, 0.1) is 29.6 Å². The van der Waals surface area contributed by atoms with Crippen LogP contribution in [0.4, 0.5) is 0 Å². The van der Waals surface area contributed by atoms with E-state index in [9.17, 15) is 0 Å². The molecular weight excluding hydrogens is 204 g/mol. The summed E-state index contributed by atoms with van der Waals surface area (Å²) in [5.74, 6) is 4.50. The van der Waals surface area contributed by atoms with Crippen molar-refractivity contribution < 1.29 is 0 Å². The van der Waals surface area contributed by atoms with E-state index in [0.29, 0.717) is 0 Å². The van der Waals surface area contributed by atoms with Gasteiger partial charge < -0.3 is 0 Å². The molecule has 0 heteroatoms. The van der Waals surface area contributed by atoms with Crippen LogP contribution in [0.5, 0.6) is 0 Å². The minimum atomic E-state index is 0.844. The lowest BCUT2D eigenvalue weighted by molar-refractivity contribution is 0.152. The lowest BCUT2D eigenvalue weighted by Gasteiger charge is -2.35. The first kappa shape index (κ1) is 17.0. The van der Waals surface area contributed by atoms with E-state index in [4.69, 9.17) is 0 Å². The summed E-state index contributed by atoms with van der Waals surface area (Å²) >= 11 is 0. The standard InChI is InChI=1S/C17H36/c1-8-11-16(9-2)17(10-3)15(7)14(6)12-13(4)5/h13-17H,8-12H2,1-7H3. The van der Waals surface area contributed by atoms with E-state index < -0.39 is 0 Å². The smallest absolute Gasteiger partial charge is 0.0360 e. The maximum atomic E-state index is 2.50. The molecule has 4 unspecified atom stereocenters. The fraction of sp³-hybridized carbons (Fsp3) is 1.00. The molecule has 104 valence electrons. The third-order valence-electron chi connectivity index (χ3n) is 4.68. The molecular formula is C17H36. The van der Waals surface area contributed by atoms with Gasteiger partial charge in [-0.2, -0.15) is 0 Å². The lowest BCUT2D eigenvalue weighted by atomic mass is 9.71. The highest BCUT2D eigenvalue weighted by atomic mass is 14.3. The van der Waals surface area contributed by atoms with Gasteiger partial charge in [0, 0.05) is 0 Å². The first-order chi connectivity index (χ1) is 7.97. The highest BCUT2D eigenvalue weighted by molar-refractivity contribution is 4.77. The first-order valence-electron chi connectivity index (χ1n) is 7.97. The van der Waals surface area contributed by atoms with Crippen molar-refractivity contribution in [3.63, 3.8) is 0 Å². The fourth-order valence-corrected chi connectivity index (χ4v) is 3.61. The maximum Gasteiger partial charge on any atom is -0.0360 e. The molecule has 0 bridgehead atoms. The average molecular weight is 240 g/mol. The number of hydrogen-bond acceptors (Lipinski definition) is 0. The summed E-state index contributed by atoms with van der Waals surface area (Å²) in [4.78, 5) is 0. The quantitative estimate of drug-likeness (QED) is 0.453. The Bertz CT molecular complexity index is 171. The van der Waals surface area contributed by atoms with Crippen molar-refractivity contribution in [1.82, 2.24) is 0 Å². The highest BCUT2D eigenvalue weighted by Gasteiger charge is 2.27. The Hall–Kier alpha value is 0. The molecule has 0 radical (unpaired) electrons. The molecule has 0 saturated carbocycles. The van der Waals surface area contributed by atoms with Crippen LogP contribution in [0.1, 0.15) is 80.6 Å². The summed E-state index contributed by atoms with van der Waals surface area (Å²) in [6.07, 6.45) is 6.89. The van der Waals surface area contributed by atoms with Crippen molar-refractivity contribution in [3.05, 3.63) is 0 Å². The first-order valence-corrected chi connectivity index (χ1v) is 7.97. The van der Waals surface area contributed by atoms with Gasteiger partial charge in [-0.15, -0.1) is 0 Å². The van der Waals surface area contributed by atoms with Crippen molar-refractivity contribution in [2.75, 3.05) is 0 Å². The molecule has 17 heavy (non-hydrogen) atoms. The van der Waals surface area contributed by atoms with E-state index in [2.05, 4.69) is 48.5 Å². The summed E-state index contributed by atoms with van der Waals surface area (Å²) < 4.78 is 0. The van der Waals surface area contributed by atoms with Gasteiger partial charge in [-0.1, -0.05) is 74.1 Å². The molecule has 0 aliphatic carbocycles. The van der Waals surface area contributed by atoms with Crippen LogP contribution in [0.2, 0.25) is 0 Å². The van der Waals surface area contributed by atoms with Gasteiger partial charge in [0.2, 0.25) is 0 Å². The SMILES string of the molecule is CCCC(CC)C(CC)C(C)C(C)CC(C)C. The van der Waals surface area contributed by atoms with E-state index in [0.717, 1.165) is 29.6 Å². The molecule has 0 spiro atoms. The van der Waals surface area contributed by atoms with Crippen molar-refractivity contribution in [1.29, 1.82) is 0 Å². The number of rotatable bonds is 9. The second kappa shape index (κ2) is 9.00. The molecule has 0 heterocycles. The van der Waals surface area contributed by atoms with Crippen molar-refractivity contribution >= 4 is 0 Å². The predicted octanol–water partition coefficient (Wildman–Crippen LogP) is 6.16. The molecule has 0 aliphatic rings. The van der Waals surface area contributed by atoms with Gasteiger partial charge in [0.15, 0.2) is 0 Å². The molecule has 0 fully saturated rings. The average Bonchev–Trinajstić information content (AvgIpc) is 2.27. The molecule has 0 nitrogen and oxygen atoms in total. The van der Waals surface area contributed by atoms with Crippen LogP contribution < -0.4 is 0 Å². The molecule has 0 aromatic heterocycles. The van der Waals surface area contributed by atoms with Crippen LogP contribution in [0.3, 0.4) is 0 Å². The van der Waals surface area contributed by atoms with Crippen molar-refractivity contribution in [2.45, 2.75) is 80.6 Å². The van der Waals surface area contributed by atoms with Gasteiger partial charge in [-0.05, 0) is 36.0 Å². The van der Waals surface area contributed by atoms with Gasteiger partial charge in [0.1, 0.15) is 0 Å². The van der Waals surface area contributed by atoms with Gasteiger partial charge >= 0.3 is 0 Å². The normalized spacial score (nSPS) is 19.1. The van der Waals surface area contributed by atoms with E-state index >= 15 is 0 Å². The van der Waals surface area contributed by atoms with E-state index in [1.165, 1.54) is 32.1 Å². The third kappa shape index (κ3) is 5.93. The highest BCUT2D eigenvalue weighted by Crippen LogP contribution is 2.36. The van der Waals surface area contributed by atoms with Gasteiger partial charge in [0.25, 0.3) is 0 Å². The summed E-state index contributed by atoms with van der Waals surface area (Å²) in [5, 5.41) is 0. The Morgan fingerprint density at radius 3 is 1.76 bits per heavy atom. The Morgan fingerprint density at radius 2 is 1.41 bits per heavy atom. The minimum Gasteiger partial charge on any atom is -0.0654 e. The molecule has 0 rings (SSSR count). The summed E-state index contributed by atoms with van der Waals surface area (Å²) in [6, 6.07) is 0. The molecule has 0 aromatic rings. The van der Waals surface area contributed by atoms with Crippen molar-refractivity contribution in [2.24, 2.45) is 29.6 Å². The fourth-order valence-electron chi connectivity index (χ4n) is 3.61. The Kier molecular flexibility index (Phi) is 9.00. The van der Waals surface area contributed by atoms with E-state index in [-0.39, 0.29) is 0 Å². The largest absolute Gasteiger partial charge is 0.0654 e. The molecule has 0 saturated heterocycles. The van der Waals surface area contributed by atoms with Crippen LogP contribution in [0.15, 0.2) is 0 Å². The van der Waals surface area contributed by atoms with Crippen LogP contribution in [-0.4, -0.2) is 0 Å². The Morgan fingerprint density at radius 1 is 0.824 bits per heavy atom. The van der Waals surface area contributed by atoms with Gasteiger partial charge in [-0.3, -0.25) is 0 Å². The predicted molar refractivity (Wildman–Crippen MR) is 80.3 cm³/mol. The third-order valence-corrected chi connectivity index (χ3v) is 4.68. The zero-order valence-corrected chi connectivity index (χ0v) is 13.4. The molecule has 0 aromatic carbocycles. The Labute approximate surface area is 111 Å². The molecule has 4 atom stereocenters. The van der Waals surface area contributed by atoms with Crippen LogP contribution in [0.25, 0.3) is 0 Å². The van der Waals surface area contributed by atoms with Crippen molar-refractivity contribution in [3.8, 4) is 0 Å². The van der Waals surface area contributed by atoms with Gasteiger partial charge in [-0.25, -0.2) is 0 Å². The summed E-state index contributed by atoms with van der Waals surface area (Å²) in [7, 11) is 0. The topological polar surface area (TPSA) is 0 Å². The molecule has 0 N–H and O–H groups in total. The molecule has 0 amide bonds. The monoisotopic (exact) mass is 240 g/mol. The summed E-state index contributed by atoms with van der Waals surface area (Å²) in [5.41, 5.74) is 0. The van der Waals surface area contributed by atoms with Crippen LogP contribution in [-0.2, 0) is 0 Å². The van der Waals surface area contributed by atoms with Gasteiger partial charge in [0.05, 0.1) is 0 Å². The molecule has 0 aliphatic heterocycles. The zero-order chi connectivity index (χ0) is 13.4. The second-order valence-corrected chi connectivity index (χ2v) is 6.50. The second-order valence-electron chi connectivity index (χ2n) is 6.50. The summed E-state index contributed by atoms with van der Waals surface area (Å²) in [6.45, 7) is 16.8. The number of hydrogen-bond donors (Lipinski definition) is 0. The Balaban J connectivity index is 4.50. The maximum absolute atomic E-state index is 2.50. The lowest BCUT2D eigenvalue weighted by Crippen LogP contribution is -2.26. The minimum absolute atomic E-state index is 0.844. The van der Waals surface area contributed by atoms with E-state index in [1.54, 1.807) is 0 Å². The van der Waals surface area contributed by atoms with E-state index in [1.807, 2.05) is 0 Å². The zero-order valence-electron chi connectivity index (χ0n) is 13.4.